The molecule has 6 heteroatoms. The van der Waals surface area contributed by atoms with Gasteiger partial charge in [0.05, 0.1) is 34.4 Å². The fourth-order valence-corrected chi connectivity index (χ4v) is 8.31. The highest BCUT2D eigenvalue weighted by Gasteiger charge is 2.66. The molecule has 1 spiro atoms. The van der Waals surface area contributed by atoms with Crippen LogP contribution < -0.4 is 0 Å². The highest BCUT2D eigenvalue weighted by Crippen LogP contribution is 2.71. The number of phenolic OH excluding ortho intramolecular Hbond substituents is 1. The van der Waals surface area contributed by atoms with Gasteiger partial charge >= 0.3 is 5.97 Å². The second-order valence-corrected chi connectivity index (χ2v) is 10.3. The standard InChI is InChI=1S/C22H25NO4S/c1-10-8-27-20-18-13(19-17(7-16(18)24)28-9-23-19)6-15-12(21(25)26)2-3-14-11(10)4-5-22(14,15)20/h7,9-12,14-15,20,24H,2-6,8H2,1H3,(H,25,26). The van der Waals surface area contributed by atoms with Crippen LogP contribution in [0.25, 0.3) is 10.2 Å². The minimum atomic E-state index is -0.671. The Morgan fingerprint density at radius 1 is 1.32 bits per heavy atom. The Morgan fingerprint density at radius 3 is 3.00 bits per heavy atom. The maximum Gasteiger partial charge on any atom is 0.306 e. The average molecular weight is 400 g/mol. The van der Waals surface area contributed by atoms with Crippen LogP contribution in [0.1, 0.15) is 49.8 Å². The number of phenols is 1. The molecule has 0 radical (unpaired) electrons. The van der Waals surface area contributed by atoms with Crippen LogP contribution in [0.3, 0.4) is 0 Å². The van der Waals surface area contributed by atoms with Crippen molar-refractivity contribution < 1.29 is 19.7 Å². The number of hydrogen-bond acceptors (Lipinski definition) is 5. The molecule has 4 aliphatic rings. The first-order valence-corrected chi connectivity index (χ1v) is 11.3. The Labute approximate surface area is 167 Å². The molecular weight excluding hydrogens is 374 g/mol. The summed E-state index contributed by atoms with van der Waals surface area (Å²) in [5, 5.41) is 21.1. The molecule has 7 unspecified atom stereocenters. The normalized spacial score (nSPS) is 41.3. The number of aromatic nitrogens is 1. The van der Waals surface area contributed by atoms with Crippen LogP contribution >= 0.6 is 11.3 Å². The molecule has 1 aromatic carbocycles. The first-order chi connectivity index (χ1) is 13.5. The number of nitrogens with zero attached hydrogens (tertiary/aromatic N) is 1. The molecule has 2 N–H and O–H groups in total. The SMILES string of the molecule is CC1COC2c3c(O)cc4scnc4c3CC3C(C(=O)O)CCC4C1CCC234. The van der Waals surface area contributed by atoms with Gasteiger partial charge in [-0.3, -0.25) is 4.79 Å². The van der Waals surface area contributed by atoms with Crippen molar-refractivity contribution in [1.29, 1.82) is 0 Å². The van der Waals surface area contributed by atoms with E-state index in [1.165, 1.54) is 11.3 Å². The number of carboxylic acid groups (broad SMARTS) is 1. The number of thiazole rings is 1. The van der Waals surface area contributed by atoms with Gasteiger partial charge in [-0.2, -0.15) is 0 Å². The van der Waals surface area contributed by atoms with Crippen molar-refractivity contribution in [2.24, 2.45) is 35.0 Å². The maximum atomic E-state index is 12.2. The van der Waals surface area contributed by atoms with E-state index in [2.05, 4.69) is 11.9 Å². The molecule has 148 valence electrons. The highest BCUT2D eigenvalue weighted by molar-refractivity contribution is 7.16. The average Bonchev–Trinajstić information content (AvgIpc) is 3.25. The van der Waals surface area contributed by atoms with Crippen LogP contribution in [0.15, 0.2) is 11.6 Å². The number of aromatic hydroxyl groups is 1. The van der Waals surface area contributed by atoms with E-state index in [-0.39, 0.29) is 23.4 Å². The summed E-state index contributed by atoms with van der Waals surface area (Å²) in [4.78, 5) is 16.8. The summed E-state index contributed by atoms with van der Waals surface area (Å²) in [7, 11) is 0. The molecule has 1 aliphatic heterocycles. The lowest BCUT2D eigenvalue weighted by molar-refractivity contribution is -0.163. The Balaban J connectivity index is 1.64. The van der Waals surface area contributed by atoms with Gasteiger partial charge in [0, 0.05) is 11.0 Å². The molecule has 28 heavy (non-hydrogen) atoms. The van der Waals surface area contributed by atoms with Crippen molar-refractivity contribution in [3.05, 3.63) is 22.7 Å². The van der Waals surface area contributed by atoms with Gasteiger partial charge in [-0.25, -0.2) is 4.98 Å². The minimum Gasteiger partial charge on any atom is -0.508 e. The topological polar surface area (TPSA) is 79.7 Å². The summed E-state index contributed by atoms with van der Waals surface area (Å²) < 4.78 is 7.53. The van der Waals surface area contributed by atoms with Crippen LogP contribution in [0, 0.1) is 35.0 Å². The molecule has 3 fully saturated rings. The molecule has 0 amide bonds. The number of carboxylic acids is 1. The number of hydrogen-bond donors (Lipinski definition) is 2. The zero-order chi connectivity index (χ0) is 19.2. The smallest absolute Gasteiger partial charge is 0.306 e. The molecule has 2 bridgehead atoms. The van der Waals surface area contributed by atoms with Crippen molar-refractivity contribution in [2.75, 3.05) is 6.61 Å². The van der Waals surface area contributed by atoms with Crippen molar-refractivity contribution in [1.82, 2.24) is 4.98 Å². The van der Waals surface area contributed by atoms with E-state index in [0.29, 0.717) is 36.5 Å². The van der Waals surface area contributed by atoms with Gasteiger partial charge in [0.25, 0.3) is 0 Å². The van der Waals surface area contributed by atoms with Crippen molar-refractivity contribution in [2.45, 2.75) is 45.1 Å². The zero-order valence-electron chi connectivity index (χ0n) is 15.9. The van der Waals surface area contributed by atoms with E-state index >= 15 is 0 Å². The highest BCUT2D eigenvalue weighted by atomic mass is 32.1. The van der Waals surface area contributed by atoms with E-state index in [9.17, 15) is 15.0 Å². The van der Waals surface area contributed by atoms with Gasteiger partial charge in [-0.1, -0.05) is 6.92 Å². The van der Waals surface area contributed by atoms with Crippen LogP contribution in [0.4, 0.5) is 0 Å². The van der Waals surface area contributed by atoms with E-state index in [1.54, 1.807) is 0 Å². The van der Waals surface area contributed by atoms with Crippen LogP contribution in [0.5, 0.6) is 5.75 Å². The Hall–Kier alpha value is -1.66. The molecule has 1 saturated heterocycles. The summed E-state index contributed by atoms with van der Waals surface area (Å²) in [6.07, 6.45) is 4.38. The number of fused-ring (bicyclic) bond motifs is 4. The van der Waals surface area contributed by atoms with Crippen molar-refractivity contribution >= 4 is 27.5 Å². The first kappa shape index (κ1) is 17.2. The number of rotatable bonds is 1. The van der Waals surface area contributed by atoms with Gasteiger partial charge < -0.3 is 14.9 Å². The quantitative estimate of drug-likeness (QED) is 0.743. The molecule has 7 atom stereocenters. The van der Waals surface area contributed by atoms with Gasteiger partial charge in [0.15, 0.2) is 0 Å². The van der Waals surface area contributed by atoms with Gasteiger partial charge in [-0.15, -0.1) is 11.3 Å². The molecule has 1 aromatic heterocycles. The Kier molecular flexibility index (Phi) is 3.50. The Morgan fingerprint density at radius 2 is 2.18 bits per heavy atom. The van der Waals surface area contributed by atoms with Gasteiger partial charge in [0.2, 0.25) is 0 Å². The fourth-order valence-electron chi connectivity index (χ4n) is 7.58. The number of aliphatic carboxylic acids is 1. The molecule has 2 heterocycles. The maximum absolute atomic E-state index is 12.2. The number of benzene rings is 1. The second kappa shape index (κ2) is 5.70. The second-order valence-electron chi connectivity index (χ2n) is 9.43. The van der Waals surface area contributed by atoms with Crippen LogP contribution in [0.2, 0.25) is 0 Å². The van der Waals surface area contributed by atoms with Gasteiger partial charge in [-0.05, 0) is 67.4 Å². The van der Waals surface area contributed by atoms with E-state index in [4.69, 9.17) is 4.74 Å². The summed E-state index contributed by atoms with van der Waals surface area (Å²) in [5.74, 6) is 0.935. The summed E-state index contributed by atoms with van der Waals surface area (Å²) >= 11 is 1.52. The lowest BCUT2D eigenvalue weighted by atomic mass is 9.49. The third kappa shape index (κ3) is 1.96. The van der Waals surface area contributed by atoms with Crippen molar-refractivity contribution in [3.63, 3.8) is 0 Å². The van der Waals surface area contributed by atoms with Crippen LogP contribution in [-0.2, 0) is 16.0 Å². The van der Waals surface area contributed by atoms with E-state index in [0.717, 1.165) is 47.0 Å². The van der Waals surface area contributed by atoms with E-state index in [1.807, 2.05) is 11.6 Å². The molecule has 2 saturated carbocycles. The minimum absolute atomic E-state index is 0.0586. The Bertz CT molecular complexity index is 986. The lowest BCUT2D eigenvalue weighted by Gasteiger charge is -2.55. The lowest BCUT2D eigenvalue weighted by Crippen LogP contribution is -2.53. The molecule has 2 aromatic rings. The predicted octanol–water partition coefficient (Wildman–Crippen LogP) is 4.39. The molecular formula is C22H25NO4S. The molecule has 3 aliphatic carbocycles. The van der Waals surface area contributed by atoms with Crippen molar-refractivity contribution in [3.8, 4) is 5.75 Å². The zero-order valence-corrected chi connectivity index (χ0v) is 16.7. The summed E-state index contributed by atoms with van der Waals surface area (Å²) in [5.41, 5.74) is 4.51. The predicted molar refractivity (Wildman–Crippen MR) is 105 cm³/mol. The monoisotopic (exact) mass is 399 g/mol. The third-order valence-corrected chi connectivity index (χ3v) is 9.36. The largest absolute Gasteiger partial charge is 0.508 e. The van der Waals surface area contributed by atoms with Gasteiger partial charge in [0.1, 0.15) is 5.75 Å². The van der Waals surface area contributed by atoms with E-state index < -0.39 is 5.97 Å². The fraction of sp³-hybridized carbons (Fsp3) is 0.636. The third-order valence-electron chi connectivity index (χ3n) is 8.58. The molecule has 5 nitrogen and oxygen atoms in total. The van der Waals surface area contributed by atoms with Crippen LogP contribution in [-0.4, -0.2) is 27.8 Å². The molecule has 6 rings (SSSR count). The summed E-state index contributed by atoms with van der Waals surface area (Å²) in [6, 6.07) is 1.83. The summed E-state index contributed by atoms with van der Waals surface area (Å²) in [6.45, 7) is 2.97. The first-order valence-electron chi connectivity index (χ1n) is 10.4. The number of carbonyl (C=O) groups is 1. The number of ether oxygens (including phenoxy) is 1.